The van der Waals surface area contributed by atoms with Gasteiger partial charge in [0.25, 0.3) is 0 Å². The molecule has 5 heterocycles. The SMILES string of the molecule is c1ccc2c(c1)nc1c3c(nccc32)-c2cc(-c3cccc4oc5ccccc5c34)ccc2N1c1cccc2oc3ccccc3c12. The minimum atomic E-state index is 0.842. The maximum atomic E-state index is 6.36. The molecule has 0 radical (unpaired) electrons. The van der Waals surface area contributed by atoms with Gasteiger partial charge < -0.3 is 8.83 Å². The molecule has 0 bridgehead atoms. The molecule has 1 aliphatic heterocycles. The zero-order valence-corrected chi connectivity index (χ0v) is 24.9. The third-order valence-electron chi connectivity index (χ3n) is 9.63. The Balaban J connectivity index is 1.27. The van der Waals surface area contributed by atoms with Gasteiger partial charge in [0.15, 0.2) is 0 Å². The number of nitrogens with zero attached hydrogens (tertiary/aromatic N) is 3. The molecule has 0 spiro atoms. The van der Waals surface area contributed by atoms with Crippen LogP contribution >= 0.6 is 0 Å². The summed E-state index contributed by atoms with van der Waals surface area (Å²) in [5.74, 6) is 0.864. The molecule has 0 atom stereocenters. The Morgan fingerprint density at radius 2 is 1.15 bits per heavy atom. The van der Waals surface area contributed by atoms with Gasteiger partial charge in [-0.3, -0.25) is 9.88 Å². The van der Waals surface area contributed by atoms with Gasteiger partial charge in [-0.25, -0.2) is 4.98 Å². The smallest absolute Gasteiger partial charge is 0.148 e. The Morgan fingerprint density at radius 3 is 1.98 bits per heavy atom. The average Bonchev–Trinajstić information content (AvgIpc) is 3.70. The summed E-state index contributed by atoms with van der Waals surface area (Å²) >= 11 is 0. The van der Waals surface area contributed by atoms with Gasteiger partial charge in [-0.15, -0.1) is 0 Å². The van der Waals surface area contributed by atoms with Crippen LogP contribution in [0.4, 0.5) is 17.2 Å². The molecule has 0 amide bonds. The summed E-state index contributed by atoms with van der Waals surface area (Å²) in [6.07, 6.45) is 1.93. The number of hydrogen-bond donors (Lipinski definition) is 0. The molecule has 10 aromatic rings. The molecule has 0 saturated heterocycles. The number of rotatable bonds is 2. The van der Waals surface area contributed by atoms with Crippen LogP contribution in [0.2, 0.25) is 0 Å². The summed E-state index contributed by atoms with van der Waals surface area (Å²) in [6.45, 7) is 0. The quantitative estimate of drug-likeness (QED) is 0.185. The second-order valence-electron chi connectivity index (χ2n) is 12.1. The van der Waals surface area contributed by atoms with E-state index in [1.165, 1.54) is 0 Å². The molecule has 5 nitrogen and oxygen atoms in total. The molecule has 47 heavy (non-hydrogen) atoms. The van der Waals surface area contributed by atoms with Gasteiger partial charge in [-0.2, -0.15) is 0 Å². The van der Waals surface area contributed by atoms with Crippen molar-refractivity contribution in [3.05, 3.63) is 140 Å². The zero-order valence-electron chi connectivity index (χ0n) is 24.9. The van der Waals surface area contributed by atoms with Crippen molar-refractivity contribution in [1.29, 1.82) is 0 Å². The lowest BCUT2D eigenvalue weighted by Crippen LogP contribution is -2.17. The van der Waals surface area contributed by atoms with Crippen molar-refractivity contribution < 1.29 is 8.83 Å². The zero-order chi connectivity index (χ0) is 30.6. The molecule has 218 valence electrons. The highest BCUT2D eigenvalue weighted by Gasteiger charge is 2.31. The molecule has 0 aliphatic carbocycles. The fourth-order valence-electron chi connectivity index (χ4n) is 7.65. The number of furan rings is 2. The summed E-state index contributed by atoms with van der Waals surface area (Å²) in [5.41, 5.74) is 10.7. The standard InChI is InChI=1S/C42H23N3O2/c1-4-13-31-26(9-1)27-21-22-43-41-30-23-24(25-12-7-17-36-38(25)28-10-2-5-15-34(28)46-36)19-20-32(30)45(42(44-31)40(27)41)33-14-8-18-37-39(33)29-11-3-6-16-35(29)47-37/h1-23H. The molecule has 5 heteroatoms. The van der Waals surface area contributed by atoms with Crippen molar-refractivity contribution >= 4 is 82.7 Å². The van der Waals surface area contributed by atoms with E-state index in [2.05, 4.69) is 95.9 Å². The predicted octanol–water partition coefficient (Wildman–Crippen LogP) is 11.7. The largest absolute Gasteiger partial charge is 0.456 e. The van der Waals surface area contributed by atoms with E-state index in [4.69, 9.17) is 18.8 Å². The van der Waals surface area contributed by atoms with Crippen molar-refractivity contribution in [2.75, 3.05) is 4.90 Å². The first kappa shape index (κ1) is 24.8. The second kappa shape index (κ2) is 9.05. The Bertz CT molecular complexity index is 2930. The average molecular weight is 602 g/mol. The minimum Gasteiger partial charge on any atom is -0.456 e. The molecule has 0 unspecified atom stereocenters. The third-order valence-corrected chi connectivity index (χ3v) is 9.63. The van der Waals surface area contributed by atoms with Crippen LogP contribution in [-0.2, 0) is 0 Å². The monoisotopic (exact) mass is 601 g/mol. The van der Waals surface area contributed by atoms with Gasteiger partial charge in [0.05, 0.1) is 33.4 Å². The van der Waals surface area contributed by atoms with Crippen LogP contribution in [0.25, 0.3) is 87.9 Å². The number of aromatic nitrogens is 2. The van der Waals surface area contributed by atoms with Crippen molar-refractivity contribution in [1.82, 2.24) is 9.97 Å². The van der Waals surface area contributed by atoms with Gasteiger partial charge in [-0.1, -0.05) is 78.9 Å². The summed E-state index contributed by atoms with van der Waals surface area (Å²) in [4.78, 5) is 12.7. The molecule has 6 aromatic carbocycles. The molecule has 0 fully saturated rings. The number of para-hydroxylation sites is 3. The summed E-state index contributed by atoms with van der Waals surface area (Å²) < 4.78 is 12.6. The van der Waals surface area contributed by atoms with Gasteiger partial charge in [0.2, 0.25) is 0 Å². The van der Waals surface area contributed by atoms with Crippen LogP contribution in [0.3, 0.4) is 0 Å². The second-order valence-corrected chi connectivity index (χ2v) is 12.1. The Morgan fingerprint density at radius 1 is 0.468 bits per heavy atom. The summed E-state index contributed by atoms with van der Waals surface area (Å²) in [7, 11) is 0. The van der Waals surface area contributed by atoms with Crippen LogP contribution in [0, 0.1) is 0 Å². The van der Waals surface area contributed by atoms with Crippen molar-refractivity contribution in [3.8, 4) is 22.4 Å². The number of fused-ring (bicyclic) bond motifs is 10. The van der Waals surface area contributed by atoms with E-state index >= 15 is 0 Å². The van der Waals surface area contributed by atoms with E-state index in [0.29, 0.717) is 0 Å². The fourth-order valence-corrected chi connectivity index (χ4v) is 7.65. The first-order chi connectivity index (χ1) is 23.3. The van der Waals surface area contributed by atoms with E-state index in [1.54, 1.807) is 0 Å². The lowest BCUT2D eigenvalue weighted by Gasteiger charge is -2.33. The van der Waals surface area contributed by atoms with E-state index in [-0.39, 0.29) is 0 Å². The number of benzene rings is 6. The van der Waals surface area contributed by atoms with Crippen LogP contribution in [0.15, 0.2) is 148 Å². The number of anilines is 3. The van der Waals surface area contributed by atoms with Crippen LogP contribution in [-0.4, -0.2) is 9.97 Å². The molecular weight excluding hydrogens is 578 g/mol. The molecule has 1 aliphatic rings. The highest BCUT2D eigenvalue weighted by Crippen LogP contribution is 2.53. The van der Waals surface area contributed by atoms with E-state index in [0.717, 1.165) is 105 Å². The summed E-state index contributed by atoms with van der Waals surface area (Å²) in [6, 6.07) is 46.3. The van der Waals surface area contributed by atoms with Crippen LogP contribution in [0.1, 0.15) is 0 Å². The highest BCUT2D eigenvalue weighted by atomic mass is 16.3. The predicted molar refractivity (Wildman–Crippen MR) is 191 cm³/mol. The van der Waals surface area contributed by atoms with Crippen molar-refractivity contribution in [2.45, 2.75) is 0 Å². The lowest BCUT2D eigenvalue weighted by molar-refractivity contribution is 0.668. The van der Waals surface area contributed by atoms with E-state index in [9.17, 15) is 0 Å². The Kier molecular flexibility index (Phi) is 4.78. The normalized spacial score (nSPS) is 12.6. The third kappa shape index (κ3) is 3.32. The van der Waals surface area contributed by atoms with E-state index in [1.807, 2.05) is 48.7 Å². The maximum absolute atomic E-state index is 6.36. The van der Waals surface area contributed by atoms with Gasteiger partial charge >= 0.3 is 0 Å². The molecule has 11 rings (SSSR count). The van der Waals surface area contributed by atoms with Crippen molar-refractivity contribution in [3.63, 3.8) is 0 Å². The van der Waals surface area contributed by atoms with E-state index < -0.39 is 0 Å². The highest BCUT2D eigenvalue weighted by molar-refractivity contribution is 6.22. The number of hydrogen-bond acceptors (Lipinski definition) is 5. The lowest BCUT2D eigenvalue weighted by atomic mass is 9.91. The fraction of sp³-hybridized carbons (Fsp3) is 0. The topological polar surface area (TPSA) is 55.3 Å². The van der Waals surface area contributed by atoms with Crippen molar-refractivity contribution in [2.24, 2.45) is 0 Å². The Hall–Kier alpha value is -6.46. The minimum absolute atomic E-state index is 0.842. The first-order valence-corrected chi connectivity index (χ1v) is 15.7. The van der Waals surface area contributed by atoms with Gasteiger partial charge in [0, 0.05) is 33.3 Å². The van der Waals surface area contributed by atoms with Crippen LogP contribution < -0.4 is 4.90 Å². The molecule has 4 aromatic heterocycles. The first-order valence-electron chi connectivity index (χ1n) is 15.7. The maximum Gasteiger partial charge on any atom is 0.148 e. The summed E-state index contributed by atoms with van der Waals surface area (Å²) in [5, 5.41) is 7.63. The number of pyridine rings is 2. The molecule has 0 N–H and O–H groups in total. The van der Waals surface area contributed by atoms with Gasteiger partial charge in [0.1, 0.15) is 28.1 Å². The van der Waals surface area contributed by atoms with Crippen LogP contribution in [0.5, 0.6) is 0 Å². The Labute approximate surface area is 267 Å². The molecular formula is C42H23N3O2. The van der Waals surface area contributed by atoms with Gasteiger partial charge in [-0.05, 0) is 71.1 Å². The molecule has 0 saturated carbocycles.